The van der Waals surface area contributed by atoms with Crippen molar-refractivity contribution in [3.05, 3.63) is 29.8 Å². The Labute approximate surface area is 174 Å². The highest BCUT2D eigenvalue weighted by atomic mass is 35.5. The van der Waals surface area contributed by atoms with Crippen molar-refractivity contribution >= 4 is 42.3 Å². The molecule has 0 bridgehead atoms. The summed E-state index contributed by atoms with van der Waals surface area (Å²) in [6.07, 6.45) is 1.75. The van der Waals surface area contributed by atoms with E-state index in [4.69, 9.17) is 0 Å². The highest BCUT2D eigenvalue weighted by molar-refractivity contribution is 5.96. The lowest BCUT2D eigenvalue weighted by Crippen LogP contribution is -2.35. The van der Waals surface area contributed by atoms with Gasteiger partial charge in [0.1, 0.15) is 0 Å². The molecule has 3 N–H and O–H groups in total. The number of rotatable bonds is 8. The Morgan fingerprint density at radius 1 is 1.07 bits per heavy atom. The molecule has 0 radical (unpaired) electrons. The smallest absolute Gasteiger partial charge is 0.251 e. The Hall–Kier alpha value is -1.34. The van der Waals surface area contributed by atoms with Crippen LogP contribution in [0.3, 0.4) is 0 Å². The fourth-order valence-corrected chi connectivity index (χ4v) is 3.00. The van der Waals surface area contributed by atoms with E-state index in [1.54, 1.807) is 24.3 Å². The van der Waals surface area contributed by atoms with E-state index >= 15 is 0 Å². The Morgan fingerprint density at radius 3 is 2.22 bits per heavy atom. The molecule has 0 saturated carbocycles. The maximum absolute atomic E-state index is 12.2. The average Bonchev–Trinajstić information content (AvgIpc) is 2.66. The highest BCUT2D eigenvalue weighted by Crippen LogP contribution is 2.16. The summed E-state index contributed by atoms with van der Waals surface area (Å²) in [6, 6.07) is 7.09. The minimum atomic E-state index is -0.0802. The third kappa shape index (κ3) is 8.47. The van der Waals surface area contributed by atoms with Crippen LogP contribution in [0.15, 0.2) is 24.3 Å². The molecule has 1 aliphatic heterocycles. The van der Waals surface area contributed by atoms with Crippen molar-refractivity contribution in [2.75, 3.05) is 44.6 Å². The molecule has 6 nitrogen and oxygen atoms in total. The van der Waals surface area contributed by atoms with Gasteiger partial charge in [-0.25, -0.2) is 0 Å². The van der Waals surface area contributed by atoms with Gasteiger partial charge in [-0.05, 0) is 63.3 Å². The lowest BCUT2D eigenvalue weighted by Gasteiger charge is -2.21. The summed E-state index contributed by atoms with van der Waals surface area (Å²) in [4.78, 5) is 26.6. The number of amides is 2. The fraction of sp³-hybridized carbons (Fsp3) is 0.579. The lowest BCUT2D eigenvalue weighted by molar-refractivity contribution is -0.120. The fourth-order valence-electron chi connectivity index (χ4n) is 3.00. The minimum absolute atomic E-state index is 0. The zero-order chi connectivity index (χ0) is 18.1. The van der Waals surface area contributed by atoms with Gasteiger partial charge in [-0.3, -0.25) is 9.59 Å². The molecule has 1 aliphatic rings. The molecule has 27 heavy (non-hydrogen) atoms. The molecular formula is C19H32Cl2N4O2. The van der Waals surface area contributed by atoms with Crippen LogP contribution in [-0.2, 0) is 4.79 Å². The summed E-state index contributed by atoms with van der Waals surface area (Å²) in [5, 5.41) is 9.14. The highest BCUT2D eigenvalue weighted by Gasteiger charge is 2.20. The zero-order valence-corrected chi connectivity index (χ0v) is 17.8. The van der Waals surface area contributed by atoms with Crippen LogP contribution in [0.25, 0.3) is 0 Å². The summed E-state index contributed by atoms with van der Waals surface area (Å²) in [5.74, 6) is 0.0608. The SMILES string of the molecule is CCN(CC)CCNC(=O)c1ccc(NC(=O)C2CCNCC2)cc1.Cl.Cl. The molecule has 0 unspecified atom stereocenters. The van der Waals surface area contributed by atoms with Crippen molar-refractivity contribution in [3.8, 4) is 0 Å². The molecule has 0 atom stereocenters. The predicted molar refractivity (Wildman–Crippen MR) is 115 cm³/mol. The molecule has 1 aromatic carbocycles. The van der Waals surface area contributed by atoms with Crippen LogP contribution < -0.4 is 16.0 Å². The van der Waals surface area contributed by atoms with E-state index < -0.39 is 0 Å². The first-order chi connectivity index (χ1) is 12.1. The molecule has 0 aliphatic carbocycles. The summed E-state index contributed by atoms with van der Waals surface area (Å²) in [7, 11) is 0. The topological polar surface area (TPSA) is 73.5 Å². The molecule has 154 valence electrons. The minimum Gasteiger partial charge on any atom is -0.351 e. The number of halogens is 2. The van der Waals surface area contributed by atoms with Gasteiger partial charge in [0.15, 0.2) is 0 Å². The normalized spacial score (nSPS) is 14.0. The Kier molecular flexibility index (Phi) is 13.1. The number of hydrogen-bond donors (Lipinski definition) is 3. The zero-order valence-electron chi connectivity index (χ0n) is 16.1. The van der Waals surface area contributed by atoms with E-state index in [1.807, 2.05) is 0 Å². The quantitative estimate of drug-likeness (QED) is 0.606. The first-order valence-electron chi connectivity index (χ1n) is 9.26. The van der Waals surface area contributed by atoms with Gasteiger partial charge in [-0.15, -0.1) is 24.8 Å². The van der Waals surface area contributed by atoms with Gasteiger partial charge in [0.05, 0.1) is 0 Å². The van der Waals surface area contributed by atoms with E-state index in [2.05, 4.69) is 34.7 Å². The number of carbonyl (C=O) groups is 2. The van der Waals surface area contributed by atoms with Crippen LogP contribution >= 0.6 is 24.8 Å². The molecule has 2 amide bonds. The monoisotopic (exact) mass is 418 g/mol. The molecule has 0 spiro atoms. The number of hydrogen-bond acceptors (Lipinski definition) is 4. The number of carbonyl (C=O) groups excluding carboxylic acids is 2. The van der Waals surface area contributed by atoms with Gasteiger partial charge in [-0.2, -0.15) is 0 Å². The standard InChI is InChI=1S/C19H30N4O2.2ClH/c1-3-23(4-2)14-13-21-18(24)15-5-7-17(8-6-15)22-19(25)16-9-11-20-12-10-16;;/h5-8,16,20H,3-4,9-14H2,1-2H3,(H,21,24)(H,22,25);2*1H. The van der Waals surface area contributed by atoms with Crippen LogP contribution in [0.2, 0.25) is 0 Å². The first-order valence-corrected chi connectivity index (χ1v) is 9.26. The number of anilines is 1. The second-order valence-electron chi connectivity index (χ2n) is 6.37. The van der Waals surface area contributed by atoms with Gasteiger partial charge in [0.25, 0.3) is 5.91 Å². The van der Waals surface area contributed by atoms with Crippen molar-refractivity contribution in [1.29, 1.82) is 0 Å². The van der Waals surface area contributed by atoms with Gasteiger partial charge in [0.2, 0.25) is 5.91 Å². The number of benzene rings is 1. The van der Waals surface area contributed by atoms with Crippen LogP contribution in [0, 0.1) is 5.92 Å². The average molecular weight is 419 g/mol. The maximum Gasteiger partial charge on any atom is 0.251 e. The molecule has 1 saturated heterocycles. The largest absolute Gasteiger partial charge is 0.351 e. The van der Waals surface area contributed by atoms with E-state index in [1.165, 1.54) is 0 Å². The van der Waals surface area contributed by atoms with Crippen LogP contribution in [-0.4, -0.2) is 56.0 Å². The predicted octanol–water partition coefficient (Wildman–Crippen LogP) is 2.54. The molecule has 0 aromatic heterocycles. The second-order valence-corrected chi connectivity index (χ2v) is 6.37. The van der Waals surface area contributed by atoms with E-state index in [0.29, 0.717) is 12.1 Å². The van der Waals surface area contributed by atoms with Crippen molar-refractivity contribution in [3.63, 3.8) is 0 Å². The van der Waals surface area contributed by atoms with Crippen molar-refractivity contribution in [2.24, 2.45) is 5.92 Å². The van der Waals surface area contributed by atoms with Crippen molar-refractivity contribution < 1.29 is 9.59 Å². The number of piperidine rings is 1. The van der Waals surface area contributed by atoms with Gasteiger partial charge in [-0.1, -0.05) is 13.8 Å². The summed E-state index contributed by atoms with van der Waals surface area (Å²) >= 11 is 0. The van der Waals surface area contributed by atoms with Gasteiger partial charge >= 0.3 is 0 Å². The molecule has 2 rings (SSSR count). The number of nitrogens with one attached hydrogen (secondary N) is 3. The molecule has 1 heterocycles. The van der Waals surface area contributed by atoms with Crippen molar-refractivity contribution in [2.45, 2.75) is 26.7 Å². The van der Waals surface area contributed by atoms with Gasteiger partial charge < -0.3 is 20.9 Å². The lowest BCUT2D eigenvalue weighted by atomic mass is 9.97. The van der Waals surface area contributed by atoms with Gasteiger partial charge in [0, 0.05) is 30.3 Å². The molecule has 1 aromatic rings. The Bertz CT molecular complexity index is 559. The van der Waals surface area contributed by atoms with Crippen molar-refractivity contribution in [1.82, 2.24) is 15.5 Å². The van der Waals surface area contributed by atoms with E-state index in [9.17, 15) is 9.59 Å². The van der Waals surface area contributed by atoms with Crippen LogP contribution in [0.1, 0.15) is 37.0 Å². The molecular weight excluding hydrogens is 387 g/mol. The first kappa shape index (κ1) is 25.7. The molecule has 8 heteroatoms. The third-order valence-corrected chi connectivity index (χ3v) is 4.73. The summed E-state index contributed by atoms with van der Waals surface area (Å²) in [5.41, 5.74) is 1.35. The van der Waals surface area contributed by atoms with Crippen LogP contribution in [0.4, 0.5) is 5.69 Å². The van der Waals surface area contributed by atoms with E-state index in [0.717, 1.165) is 51.3 Å². The van der Waals surface area contributed by atoms with E-state index in [-0.39, 0.29) is 42.5 Å². The Morgan fingerprint density at radius 2 is 1.67 bits per heavy atom. The third-order valence-electron chi connectivity index (χ3n) is 4.73. The maximum atomic E-state index is 12.2. The summed E-state index contributed by atoms with van der Waals surface area (Å²) in [6.45, 7) is 9.47. The van der Waals surface area contributed by atoms with Crippen LogP contribution in [0.5, 0.6) is 0 Å². The summed E-state index contributed by atoms with van der Waals surface area (Å²) < 4.78 is 0. The number of nitrogens with zero attached hydrogens (tertiary/aromatic N) is 1. The Balaban J connectivity index is 0.00000338. The second kappa shape index (κ2) is 13.8. The molecule has 1 fully saturated rings. The number of likely N-dealkylation sites (N-methyl/N-ethyl adjacent to an activating group) is 1.